The highest BCUT2D eigenvalue weighted by Gasteiger charge is 2.25. The predicted molar refractivity (Wildman–Crippen MR) is 68.3 cm³/mol. The number of aryl methyl sites for hydroxylation is 2. The topological polar surface area (TPSA) is 57.8 Å². The molecular formula is C14H14FN3O. The summed E-state index contributed by atoms with van der Waals surface area (Å²) in [5, 5.41) is 9.61. The SMILES string of the molecule is Cc1cc(C(=O)N[C@@H]2CCc3cc(F)ccc32)n[nH]1. The van der Waals surface area contributed by atoms with Gasteiger partial charge in [0.2, 0.25) is 0 Å². The summed E-state index contributed by atoms with van der Waals surface area (Å²) in [4.78, 5) is 12.0. The number of fused-ring (bicyclic) bond motifs is 1. The summed E-state index contributed by atoms with van der Waals surface area (Å²) >= 11 is 0. The number of H-pyrrole nitrogens is 1. The number of carbonyl (C=O) groups excluding carboxylic acids is 1. The molecule has 0 aliphatic heterocycles. The average Bonchev–Trinajstić information content (AvgIpc) is 2.96. The lowest BCUT2D eigenvalue weighted by atomic mass is 10.1. The van der Waals surface area contributed by atoms with E-state index in [4.69, 9.17) is 0 Å². The van der Waals surface area contributed by atoms with Gasteiger partial charge in [-0.15, -0.1) is 0 Å². The van der Waals surface area contributed by atoms with E-state index in [0.29, 0.717) is 5.69 Å². The van der Waals surface area contributed by atoms with Crippen LogP contribution in [0.25, 0.3) is 0 Å². The number of hydrogen-bond donors (Lipinski definition) is 2. The van der Waals surface area contributed by atoms with E-state index < -0.39 is 0 Å². The summed E-state index contributed by atoms with van der Waals surface area (Å²) in [6, 6.07) is 6.37. The zero-order chi connectivity index (χ0) is 13.4. The van der Waals surface area contributed by atoms with Gasteiger partial charge in [-0.2, -0.15) is 5.10 Å². The van der Waals surface area contributed by atoms with Crippen molar-refractivity contribution in [3.8, 4) is 0 Å². The van der Waals surface area contributed by atoms with E-state index in [2.05, 4.69) is 15.5 Å². The van der Waals surface area contributed by atoms with Gasteiger partial charge in [0.15, 0.2) is 0 Å². The van der Waals surface area contributed by atoms with Crippen LogP contribution in [0.2, 0.25) is 0 Å². The first-order valence-electron chi connectivity index (χ1n) is 6.24. The monoisotopic (exact) mass is 259 g/mol. The first-order chi connectivity index (χ1) is 9.13. The molecule has 1 aliphatic carbocycles. The number of aromatic amines is 1. The van der Waals surface area contributed by atoms with Crippen LogP contribution in [-0.2, 0) is 6.42 Å². The summed E-state index contributed by atoms with van der Waals surface area (Å²) in [6.45, 7) is 1.84. The number of hydrogen-bond acceptors (Lipinski definition) is 2. The quantitative estimate of drug-likeness (QED) is 0.869. The lowest BCUT2D eigenvalue weighted by Gasteiger charge is -2.13. The highest BCUT2D eigenvalue weighted by atomic mass is 19.1. The Hall–Kier alpha value is -2.17. The Morgan fingerprint density at radius 1 is 1.47 bits per heavy atom. The zero-order valence-electron chi connectivity index (χ0n) is 10.5. The number of halogens is 1. The summed E-state index contributed by atoms with van der Waals surface area (Å²) < 4.78 is 13.1. The lowest BCUT2D eigenvalue weighted by Crippen LogP contribution is -2.27. The molecule has 0 radical (unpaired) electrons. The molecule has 3 rings (SSSR count). The molecule has 0 bridgehead atoms. The zero-order valence-corrected chi connectivity index (χ0v) is 10.5. The third-order valence-electron chi connectivity index (χ3n) is 3.43. The first-order valence-corrected chi connectivity index (χ1v) is 6.24. The Bertz CT molecular complexity index is 635. The van der Waals surface area contributed by atoms with Crippen molar-refractivity contribution in [3.63, 3.8) is 0 Å². The maximum Gasteiger partial charge on any atom is 0.272 e. The van der Waals surface area contributed by atoms with E-state index >= 15 is 0 Å². The lowest BCUT2D eigenvalue weighted by molar-refractivity contribution is 0.0931. The highest BCUT2D eigenvalue weighted by Crippen LogP contribution is 2.31. The molecule has 2 N–H and O–H groups in total. The standard InChI is InChI=1S/C14H14FN3O/c1-8-6-13(18-17-8)14(19)16-12-5-2-9-7-10(15)3-4-11(9)12/h3-4,6-7,12H,2,5H2,1H3,(H,16,19)(H,17,18)/t12-/m1/s1. The second kappa shape index (κ2) is 4.50. The highest BCUT2D eigenvalue weighted by molar-refractivity contribution is 5.92. The number of aromatic nitrogens is 2. The molecule has 5 heteroatoms. The third kappa shape index (κ3) is 2.23. The molecular weight excluding hydrogens is 245 g/mol. The number of nitrogens with zero attached hydrogens (tertiary/aromatic N) is 1. The van der Waals surface area contributed by atoms with Crippen LogP contribution in [0.3, 0.4) is 0 Å². The van der Waals surface area contributed by atoms with Gasteiger partial charge in [0, 0.05) is 5.69 Å². The van der Waals surface area contributed by atoms with E-state index in [1.54, 1.807) is 18.2 Å². The maximum absolute atomic E-state index is 13.1. The smallest absolute Gasteiger partial charge is 0.272 e. The molecule has 0 saturated carbocycles. The molecule has 98 valence electrons. The Morgan fingerprint density at radius 2 is 2.32 bits per heavy atom. The van der Waals surface area contributed by atoms with Gasteiger partial charge in [0.05, 0.1) is 6.04 Å². The van der Waals surface area contributed by atoms with Gasteiger partial charge in [0.25, 0.3) is 5.91 Å². The largest absolute Gasteiger partial charge is 0.344 e. The average molecular weight is 259 g/mol. The van der Waals surface area contributed by atoms with Crippen LogP contribution in [0.1, 0.15) is 39.8 Å². The fourth-order valence-electron chi connectivity index (χ4n) is 2.50. The van der Waals surface area contributed by atoms with E-state index in [0.717, 1.165) is 29.7 Å². The van der Waals surface area contributed by atoms with E-state index in [1.807, 2.05) is 6.92 Å². The van der Waals surface area contributed by atoms with Crippen molar-refractivity contribution in [2.45, 2.75) is 25.8 Å². The molecule has 19 heavy (non-hydrogen) atoms. The molecule has 0 unspecified atom stereocenters. The van der Waals surface area contributed by atoms with Gasteiger partial charge in [-0.25, -0.2) is 4.39 Å². The van der Waals surface area contributed by atoms with E-state index in [-0.39, 0.29) is 17.8 Å². The number of benzene rings is 1. The van der Waals surface area contributed by atoms with Crippen LogP contribution in [0.15, 0.2) is 24.3 Å². The van der Waals surface area contributed by atoms with Crippen LogP contribution in [0, 0.1) is 12.7 Å². The molecule has 1 aromatic carbocycles. The minimum absolute atomic E-state index is 0.0555. The maximum atomic E-state index is 13.1. The van der Waals surface area contributed by atoms with Gasteiger partial charge < -0.3 is 5.32 Å². The van der Waals surface area contributed by atoms with Gasteiger partial charge in [-0.05, 0) is 49.1 Å². The number of amides is 1. The van der Waals surface area contributed by atoms with Crippen molar-refractivity contribution in [2.75, 3.05) is 0 Å². The Labute approximate surface area is 110 Å². The molecule has 1 aliphatic rings. The van der Waals surface area contributed by atoms with Crippen LogP contribution in [-0.4, -0.2) is 16.1 Å². The van der Waals surface area contributed by atoms with Crippen molar-refractivity contribution >= 4 is 5.91 Å². The van der Waals surface area contributed by atoms with Crippen LogP contribution in [0.5, 0.6) is 0 Å². The number of rotatable bonds is 2. The van der Waals surface area contributed by atoms with Crippen molar-refractivity contribution in [2.24, 2.45) is 0 Å². The predicted octanol–water partition coefficient (Wildman–Crippen LogP) is 2.27. The fourth-order valence-corrected chi connectivity index (χ4v) is 2.50. The Morgan fingerprint density at radius 3 is 3.05 bits per heavy atom. The van der Waals surface area contributed by atoms with E-state index in [1.165, 1.54) is 6.07 Å². The van der Waals surface area contributed by atoms with Gasteiger partial charge >= 0.3 is 0 Å². The molecule has 2 aromatic rings. The van der Waals surface area contributed by atoms with Crippen LogP contribution < -0.4 is 5.32 Å². The summed E-state index contributed by atoms with van der Waals surface area (Å²) in [7, 11) is 0. The molecule has 1 aromatic heterocycles. The van der Waals surface area contributed by atoms with Crippen molar-refractivity contribution in [3.05, 3.63) is 52.6 Å². The Kier molecular flexibility index (Phi) is 2.81. The minimum Gasteiger partial charge on any atom is -0.344 e. The molecule has 1 amide bonds. The van der Waals surface area contributed by atoms with E-state index in [9.17, 15) is 9.18 Å². The summed E-state index contributed by atoms with van der Waals surface area (Å²) in [6.07, 6.45) is 1.59. The van der Waals surface area contributed by atoms with Crippen LogP contribution in [0.4, 0.5) is 4.39 Å². The molecule has 1 atom stereocenters. The Balaban J connectivity index is 1.78. The van der Waals surface area contributed by atoms with Gasteiger partial charge in [-0.3, -0.25) is 9.89 Å². The van der Waals surface area contributed by atoms with Crippen molar-refractivity contribution < 1.29 is 9.18 Å². The molecule has 0 spiro atoms. The minimum atomic E-state index is -0.228. The molecule has 4 nitrogen and oxygen atoms in total. The van der Waals surface area contributed by atoms with Gasteiger partial charge in [-0.1, -0.05) is 6.07 Å². The normalized spacial score (nSPS) is 17.3. The van der Waals surface area contributed by atoms with Crippen molar-refractivity contribution in [1.82, 2.24) is 15.5 Å². The second-order valence-corrected chi connectivity index (χ2v) is 4.84. The summed E-state index contributed by atoms with van der Waals surface area (Å²) in [5.41, 5.74) is 3.21. The van der Waals surface area contributed by atoms with Crippen molar-refractivity contribution in [1.29, 1.82) is 0 Å². The number of nitrogens with one attached hydrogen (secondary N) is 2. The second-order valence-electron chi connectivity index (χ2n) is 4.84. The molecule has 1 heterocycles. The van der Waals surface area contributed by atoms with Crippen LogP contribution >= 0.6 is 0 Å². The molecule has 0 fully saturated rings. The molecule has 0 saturated heterocycles. The number of carbonyl (C=O) groups is 1. The summed E-state index contributed by atoms with van der Waals surface area (Å²) in [5.74, 6) is -0.430. The fraction of sp³-hybridized carbons (Fsp3) is 0.286. The third-order valence-corrected chi connectivity index (χ3v) is 3.43. The van der Waals surface area contributed by atoms with Gasteiger partial charge in [0.1, 0.15) is 11.5 Å². The first kappa shape index (κ1) is 11.9.